The number of carbonyl (C=O) groups excluding carboxylic acids is 1. The molecular weight excluding hydrogens is 330 g/mol. The minimum Gasteiger partial charge on any atom is -0.342 e. The van der Waals surface area contributed by atoms with Crippen LogP contribution < -0.4 is 0 Å². The average molecular weight is 356 g/mol. The van der Waals surface area contributed by atoms with E-state index in [0.717, 1.165) is 49.6 Å². The number of para-hydroxylation sites is 1. The number of hydrogen-bond acceptors (Lipinski definition) is 3. The maximum absolute atomic E-state index is 12.5. The Morgan fingerprint density at radius 3 is 2.56 bits per heavy atom. The number of hydrogen-bond donors (Lipinski definition) is 0. The number of amides is 1. The number of benzene rings is 1. The van der Waals surface area contributed by atoms with Crippen molar-refractivity contribution in [3.05, 3.63) is 41.7 Å². The van der Waals surface area contributed by atoms with Gasteiger partial charge in [-0.15, -0.1) is 0 Å². The molecule has 1 aliphatic carbocycles. The first kappa shape index (κ1) is 16.7. The van der Waals surface area contributed by atoms with Crippen LogP contribution in [0.2, 0.25) is 0 Å². The van der Waals surface area contributed by atoms with Crippen molar-refractivity contribution >= 4 is 17.7 Å². The predicted molar refractivity (Wildman–Crippen MR) is 101 cm³/mol. The van der Waals surface area contributed by atoms with Crippen LogP contribution in [0.25, 0.3) is 5.69 Å². The Morgan fingerprint density at radius 2 is 1.76 bits per heavy atom. The third-order valence-corrected chi connectivity index (χ3v) is 6.07. The number of thioether (sulfide) groups is 1. The highest BCUT2D eigenvalue weighted by Crippen LogP contribution is 2.30. The van der Waals surface area contributed by atoms with Crippen LogP contribution in [0, 0.1) is 0 Å². The van der Waals surface area contributed by atoms with Gasteiger partial charge in [0, 0.05) is 24.5 Å². The van der Waals surface area contributed by atoms with Crippen molar-refractivity contribution in [3.8, 4) is 5.69 Å². The van der Waals surface area contributed by atoms with E-state index in [4.69, 9.17) is 4.98 Å². The topological polar surface area (TPSA) is 38.1 Å². The molecule has 1 amide bonds. The molecular formula is C20H25N3OS. The summed E-state index contributed by atoms with van der Waals surface area (Å²) >= 11 is 1.60. The second-order valence-electron chi connectivity index (χ2n) is 6.90. The van der Waals surface area contributed by atoms with E-state index in [9.17, 15) is 4.79 Å². The number of rotatable bonds is 4. The number of piperidine rings is 1. The Balaban J connectivity index is 1.56. The number of imidazole rings is 1. The zero-order chi connectivity index (χ0) is 17.1. The second kappa shape index (κ2) is 7.65. The lowest BCUT2D eigenvalue weighted by Gasteiger charge is -2.26. The average Bonchev–Trinajstić information content (AvgIpc) is 3.06. The molecule has 1 aromatic heterocycles. The van der Waals surface area contributed by atoms with Crippen molar-refractivity contribution in [2.75, 3.05) is 18.8 Å². The van der Waals surface area contributed by atoms with Crippen LogP contribution in [0.4, 0.5) is 0 Å². The Morgan fingerprint density at radius 1 is 1.00 bits per heavy atom. The highest BCUT2D eigenvalue weighted by molar-refractivity contribution is 7.99. The Bertz CT molecular complexity index is 735. The fourth-order valence-corrected chi connectivity index (χ4v) is 4.77. The standard InChI is InChI=1S/C20H25N3OS/c24-19(22-13-7-2-8-14-22)15-25-20-21-17-11-5-6-12-18(17)23(20)16-9-3-1-4-10-16/h1,3-4,9-10H,2,5-8,11-15H2. The Labute approximate surface area is 153 Å². The van der Waals surface area contributed by atoms with Crippen LogP contribution >= 0.6 is 11.8 Å². The molecule has 1 aliphatic heterocycles. The van der Waals surface area contributed by atoms with E-state index < -0.39 is 0 Å². The molecule has 0 radical (unpaired) electrons. The Kier molecular flexibility index (Phi) is 5.11. The number of likely N-dealkylation sites (tertiary alicyclic amines) is 1. The summed E-state index contributed by atoms with van der Waals surface area (Å²) in [7, 11) is 0. The lowest BCUT2D eigenvalue weighted by molar-refractivity contribution is -0.129. The van der Waals surface area contributed by atoms with E-state index in [1.807, 2.05) is 11.0 Å². The first-order valence-electron chi connectivity index (χ1n) is 9.39. The van der Waals surface area contributed by atoms with E-state index in [-0.39, 0.29) is 5.91 Å². The zero-order valence-electron chi connectivity index (χ0n) is 14.6. The summed E-state index contributed by atoms with van der Waals surface area (Å²) in [5, 5.41) is 0.975. The normalized spacial score (nSPS) is 17.4. The van der Waals surface area contributed by atoms with Gasteiger partial charge in [0.15, 0.2) is 5.16 Å². The van der Waals surface area contributed by atoms with Crippen molar-refractivity contribution in [3.63, 3.8) is 0 Å². The molecule has 2 heterocycles. The smallest absolute Gasteiger partial charge is 0.233 e. The highest BCUT2D eigenvalue weighted by atomic mass is 32.2. The van der Waals surface area contributed by atoms with Crippen molar-refractivity contribution in [1.29, 1.82) is 0 Å². The molecule has 0 saturated carbocycles. The van der Waals surface area contributed by atoms with Gasteiger partial charge in [0.2, 0.25) is 5.91 Å². The highest BCUT2D eigenvalue weighted by Gasteiger charge is 2.23. The molecule has 25 heavy (non-hydrogen) atoms. The summed E-state index contributed by atoms with van der Waals surface area (Å²) in [6, 6.07) is 10.4. The van der Waals surface area contributed by atoms with Crippen molar-refractivity contribution in [2.45, 2.75) is 50.1 Å². The largest absolute Gasteiger partial charge is 0.342 e. The molecule has 4 nitrogen and oxygen atoms in total. The minimum atomic E-state index is 0.255. The van der Waals surface area contributed by atoms with Gasteiger partial charge in [-0.2, -0.15) is 0 Å². The maximum atomic E-state index is 12.5. The molecule has 0 unspecified atom stereocenters. The van der Waals surface area contributed by atoms with E-state index >= 15 is 0 Å². The van der Waals surface area contributed by atoms with Gasteiger partial charge in [0.05, 0.1) is 11.4 Å². The fraction of sp³-hybridized carbons (Fsp3) is 0.500. The summed E-state index contributed by atoms with van der Waals surface area (Å²) < 4.78 is 2.28. The van der Waals surface area contributed by atoms with Gasteiger partial charge >= 0.3 is 0 Å². The van der Waals surface area contributed by atoms with Gasteiger partial charge in [-0.25, -0.2) is 4.98 Å². The van der Waals surface area contributed by atoms with Crippen molar-refractivity contribution in [2.24, 2.45) is 0 Å². The molecule has 0 atom stereocenters. The van der Waals surface area contributed by atoms with Gasteiger partial charge in [0.25, 0.3) is 0 Å². The van der Waals surface area contributed by atoms with E-state index in [2.05, 4.69) is 28.8 Å². The molecule has 1 fully saturated rings. The van der Waals surface area contributed by atoms with Crippen LogP contribution in [0.15, 0.2) is 35.5 Å². The molecule has 5 heteroatoms. The number of carbonyl (C=O) groups is 1. The number of nitrogens with zero attached hydrogens (tertiary/aromatic N) is 3. The summed E-state index contributed by atoms with van der Waals surface area (Å²) in [6.07, 6.45) is 8.12. The molecule has 2 aliphatic rings. The predicted octanol–water partition coefficient (Wildman–Crippen LogP) is 3.86. The third kappa shape index (κ3) is 3.61. The molecule has 4 rings (SSSR count). The molecule has 0 bridgehead atoms. The quantitative estimate of drug-likeness (QED) is 0.782. The summed E-state index contributed by atoms with van der Waals surface area (Å²) in [6.45, 7) is 1.84. The van der Waals surface area contributed by atoms with E-state index in [0.29, 0.717) is 5.75 Å². The van der Waals surface area contributed by atoms with Gasteiger partial charge < -0.3 is 4.90 Å². The zero-order valence-corrected chi connectivity index (χ0v) is 15.4. The molecule has 0 spiro atoms. The minimum absolute atomic E-state index is 0.255. The number of aryl methyl sites for hydroxylation is 1. The lowest BCUT2D eigenvalue weighted by Crippen LogP contribution is -2.36. The fourth-order valence-electron chi connectivity index (χ4n) is 3.82. The van der Waals surface area contributed by atoms with Crippen molar-refractivity contribution < 1.29 is 4.79 Å². The van der Waals surface area contributed by atoms with Gasteiger partial charge in [-0.3, -0.25) is 9.36 Å². The monoisotopic (exact) mass is 355 g/mol. The summed E-state index contributed by atoms with van der Waals surface area (Å²) in [5.41, 5.74) is 3.72. The SMILES string of the molecule is O=C(CSc1nc2c(n1-c1ccccc1)CCCC2)N1CCCCC1. The van der Waals surface area contributed by atoms with Crippen LogP contribution in [-0.2, 0) is 17.6 Å². The third-order valence-electron chi connectivity index (χ3n) is 5.15. The van der Waals surface area contributed by atoms with Gasteiger partial charge in [-0.1, -0.05) is 30.0 Å². The maximum Gasteiger partial charge on any atom is 0.233 e. The molecule has 1 aromatic carbocycles. The Hall–Kier alpha value is -1.75. The van der Waals surface area contributed by atoms with Crippen molar-refractivity contribution in [1.82, 2.24) is 14.5 Å². The van der Waals surface area contributed by atoms with E-state index in [1.165, 1.54) is 30.7 Å². The first-order chi connectivity index (χ1) is 12.3. The molecule has 2 aromatic rings. The second-order valence-corrected chi connectivity index (χ2v) is 7.84. The van der Waals surface area contributed by atoms with Gasteiger partial charge in [-0.05, 0) is 57.1 Å². The van der Waals surface area contributed by atoms with Crippen LogP contribution in [0.5, 0.6) is 0 Å². The molecule has 1 saturated heterocycles. The molecule has 0 N–H and O–H groups in total. The van der Waals surface area contributed by atoms with Crippen LogP contribution in [0.1, 0.15) is 43.5 Å². The molecule has 132 valence electrons. The van der Waals surface area contributed by atoms with Gasteiger partial charge in [0.1, 0.15) is 0 Å². The van der Waals surface area contributed by atoms with Crippen LogP contribution in [0.3, 0.4) is 0 Å². The first-order valence-corrected chi connectivity index (χ1v) is 10.4. The summed E-state index contributed by atoms with van der Waals surface area (Å²) in [5.74, 6) is 0.744. The summed E-state index contributed by atoms with van der Waals surface area (Å²) in [4.78, 5) is 19.4. The van der Waals surface area contributed by atoms with Crippen LogP contribution in [-0.4, -0.2) is 39.2 Å². The number of aromatic nitrogens is 2. The number of fused-ring (bicyclic) bond motifs is 1. The van der Waals surface area contributed by atoms with E-state index in [1.54, 1.807) is 11.8 Å². The lowest BCUT2D eigenvalue weighted by atomic mass is 10.0.